The molecular formula is C14H19ClN2O2. The average molecular weight is 283 g/mol. The molecule has 2 N–H and O–H groups in total. The molecule has 1 aromatic carbocycles. The number of benzene rings is 1. The predicted octanol–water partition coefficient (Wildman–Crippen LogP) is 2.88. The largest absolute Gasteiger partial charge is 0.386 e. The zero-order valence-electron chi connectivity index (χ0n) is 11.4. The van der Waals surface area contributed by atoms with Crippen LogP contribution in [0.5, 0.6) is 0 Å². The quantitative estimate of drug-likeness (QED) is 0.876. The molecule has 0 saturated carbocycles. The van der Waals surface area contributed by atoms with E-state index in [1.807, 2.05) is 32.9 Å². The molecule has 0 atom stereocenters. The molecule has 5 heteroatoms. The lowest BCUT2D eigenvalue weighted by Crippen LogP contribution is -2.66. The number of rotatable bonds is 2. The molecule has 0 aliphatic carbocycles. The Hall–Kier alpha value is -1.26. The van der Waals surface area contributed by atoms with Gasteiger partial charge >= 0.3 is 6.03 Å². The number of amides is 2. The number of aryl methyl sites for hydroxylation is 1. The lowest BCUT2D eigenvalue weighted by atomic mass is 9.83. The summed E-state index contributed by atoms with van der Waals surface area (Å²) in [6, 6.07) is 5.19. The van der Waals surface area contributed by atoms with E-state index in [0.717, 1.165) is 5.56 Å². The highest BCUT2D eigenvalue weighted by molar-refractivity contribution is 6.31. The minimum Gasteiger partial charge on any atom is -0.386 e. The van der Waals surface area contributed by atoms with Gasteiger partial charge in [0.1, 0.15) is 5.60 Å². The number of β-amino-alcohol motifs (C(OH)–C–C–N with tert-alkyl or cyclic N) is 1. The number of halogens is 1. The van der Waals surface area contributed by atoms with E-state index in [9.17, 15) is 9.90 Å². The molecule has 1 aliphatic rings. The number of nitrogens with zero attached hydrogens (tertiary/aromatic N) is 1. The van der Waals surface area contributed by atoms with Crippen LogP contribution in [0.4, 0.5) is 10.5 Å². The van der Waals surface area contributed by atoms with Crippen molar-refractivity contribution in [2.24, 2.45) is 5.92 Å². The molecule has 104 valence electrons. The maximum Gasteiger partial charge on any atom is 0.322 e. The van der Waals surface area contributed by atoms with Crippen molar-refractivity contribution in [3.63, 3.8) is 0 Å². The van der Waals surface area contributed by atoms with E-state index in [1.165, 1.54) is 0 Å². The average Bonchev–Trinajstić information content (AvgIpc) is 2.29. The van der Waals surface area contributed by atoms with Gasteiger partial charge in [-0.05, 0) is 30.5 Å². The molecule has 0 spiro atoms. The second-order valence-corrected chi connectivity index (χ2v) is 5.92. The molecule has 0 bridgehead atoms. The van der Waals surface area contributed by atoms with Crippen LogP contribution in [0.1, 0.15) is 19.4 Å². The molecule has 1 aromatic rings. The maximum atomic E-state index is 12.0. The van der Waals surface area contributed by atoms with Crippen LogP contribution in [0.25, 0.3) is 0 Å². The van der Waals surface area contributed by atoms with Crippen molar-refractivity contribution in [1.82, 2.24) is 4.90 Å². The van der Waals surface area contributed by atoms with Crippen LogP contribution in [0.15, 0.2) is 18.2 Å². The number of aliphatic hydroxyl groups is 1. The summed E-state index contributed by atoms with van der Waals surface area (Å²) in [7, 11) is 0. The Morgan fingerprint density at radius 1 is 1.47 bits per heavy atom. The third kappa shape index (κ3) is 2.85. The number of urea groups is 1. The third-order valence-electron chi connectivity index (χ3n) is 3.71. The Morgan fingerprint density at radius 2 is 2.11 bits per heavy atom. The van der Waals surface area contributed by atoms with Crippen LogP contribution in [-0.2, 0) is 0 Å². The van der Waals surface area contributed by atoms with E-state index in [-0.39, 0.29) is 11.9 Å². The first kappa shape index (κ1) is 14.2. The van der Waals surface area contributed by atoms with Gasteiger partial charge in [-0.15, -0.1) is 0 Å². The maximum absolute atomic E-state index is 12.0. The van der Waals surface area contributed by atoms with Gasteiger partial charge in [-0.1, -0.05) is 31.5 Å². The van der Waals surface area contributed by atoms with Crippen molar-refractivity contribution >= 4 is 23.3 Å². The van der Waals surface area contributed by atoms with Crippen LogP contribution in [0, 0.1) is 12.8 Å². The van der Waals surface area contributed by atoms with Gasteiger partial charge in [-0.2, -0.15) is 0 Å². The van der Waals surface area contributed by atoms with Gasteiger partial charge in [0.15, 0.2) is 0 Å². The first-order valence-corrected chi connectivity index (χ1v) is 6.74. The van der Waals surface area contributed by atoms with Gasteiger partial charge in [0, 0.05) is 10.7 Å². The fourth-order valence-electron chi connectivity index (χ4n) is 2.00. The van der Waals surface area contributed by atoms with Crippen molar-refractivity contribution in [1.29, 1.82) is 0 Å². The molecule has 2 amide bonds. The number of likely N-dealkylation sites (tertiary alicyclic amines) is 1. The van der Waals surface area contributed by atoms with Crippen molar-refractivity contribution in [2.45, 2.75) is 26.4 Å². The third-order valence-corrected chi connectivity index (χ3v) is 4.12. The molecule has 0 radical (unpaired) electrons. The molecule has 2 rings (SSSR count). The molecule has 19 heavy (non-hydrogen) atoms. The Bertz CT molecular complexity index is 496. The topological polar surface area (TPSA) is 52.6 Å². The smallest absolute Gasteiger partial charge is 0.322 e. The predicted molar refractivity (Wildman–Crippen MR) is 76.6 cm³/mol. The minimum absolute atomic E-state index is 0.144. The van der Waals surface area contributed by atoms with Gasteiger partial charge in [-0.25, -0.2) is 4.79 Å². The van der Waals surface area contributed by atoms with Gasteiger partial charge in [0.2, 0.25) is 0 Å². The number of carbonyl (C=O) groups is 1. The Morgan fingerprint density at radius 3 is 2.63 bits per heavy atom. The number of carbonyl (C=O) groups excluding carboxylic acids is 1. The van der Waals surface area contributed by atoms with E-state index in [4.69, 9.17) is 11.6 Å². The highest BCUT2D eigenvalue weighted by atomic mass is 35.5. The lowest BCUT2D eigenvalue weighted by molar-refractivity contribution is -0.105. The SMILES string of the molecule is Cc1ccc(NC(=O)N2CC(O)(C(C)C)C2)cc1Cl. The van der Waals surface area contributed by atoms with Gasteiger partial charge < -0.3 is 15.3 Å². The van der Waals surface area contributed by atoms with Crippen LogP contribution in [0.2, 0.25) is 5.02 Å². The standard InChI is InChI=1S/C14H19ClN2O2/c1-9(2)14(19)7-17(8-14)13(18)16-11-5-4-10(3)12(15)6-11/h4-6,9,19H,7-8H2,1-3H3,(H,16,18). The first-order valence-electron chi connectivity index (χ1n) is 6.36. The van der Waals surface area contributed by atoms with Crippen LogP contribution in [-0.4, -0.2) is 34.7 Å². The summed E-state index contributed by atoms with van der Waals surface area (Å²) >= 11 is 6.01. The number of anilines is 1. The molecule has 1 fully saturated rings. The fraction of sp³-hybridized carbons (Fsp3) is 0.500. The Labute approximate surface area is 118 Å². The lowest BCUT2D eigenvalue weighted by Gasteiger charge is -2.48. The van der Waals surface area contributed by atoms with Gasteiger partial charge in [0.25, 0.3) is 0 Å². The number of hydrogen-bond donors (Lipinski definition) is 2. The summed E-state index contributed by atoms with van der Waals surface area (Å²) in [5, 5.41) is 13.5. The van der Waals surface area contributed by atoms with Gasteiger partial charge in [-0.3, -0.25) is 0 Å². The number of nitrogens with one attached hydrogen (secondary N) is 1. The van der Waals surface area contributed by atoms with Gasteiger partial charge in [0.05, 0.1) is 13.1 Å². The molecule has 1 saturated heterocycles. The highest BCUT2D eigenvalue weighted by Gasteiger charge is 2.45. The zero-order chi connectivity index (χ0) is 14.2. The minimum atomic E-state index is -0.748. The van der Waals surface area contributed by atoms with Crippen LogP contribution >= 0.6 is 11.6 Å². The van der Waals surface area contributed by atoms with Crippen LogP contribution < -0.4 is 5.32 Å². The summed E-state index contributed by atoms with van der Waals surface area (Å²) in [5.74, 6) is 0.144. The summed E-state index contributed by atoms with van der Waals surface area (Å²) in [5.41, 5.74) is 0.890. The van der Waals surface area contributed by atoms with E-state index < -0.39 is 5.60 Å². The summed E-state index contributed by atoms with van der Waals surface area (Å²) in [6.45, 7) is 6.56. The normalized spacial score (nSPS) is 17.3. The Balaban J connectivity index is 1.94. The molecule has 0 aromatic heterocycles. The van der Waals surface area contributed by atoms with E-state index in [1.54, 1.807) is 11.0 Å². The first-order chi connectivity index (χ1) is 8.82. The Kier molecular flexibility index (Phi) is 3.74. The molecule has 1 aliphatic heterocycles. The van der Waals surface area contributed by atoms with E-state index in [0.29, 0.717) is 23.8 Å². The molecule has 1 heterocycles. The second-order valence-electron chi connectivity index (χ2n) is 5.51. The van der Waals surface area contributed by atoms with Crippen molar-refractivity contribution in [2.75, 3.05) is 18.4 Å². The zero-order valence-corrected chi connectivity index (χ0v) is 12.2. The summed E-state index contributed by atoms with van der Waals surface area (Å²) < 4.78 is 0. The van der Waals surface area contributed by atoms with Crippen molar-refractivity contribution < 1.29 is 9.90 Å². The summed E-state index contributed by atoms with van der Waals surface area (Å²) in [6.07, 6.45) is 0. The van der Waals surface area contributed by atoms with Crippen LogP contribution in [0.3, 0.4) is 0 Å². The van der Waals surface area contributed by atoms with E-state index >= 15 is 0 Å². The highest BCUT2D eigenvalue weighted by Crippen LogP contribution is 2.29. The van der Waals surface area contributed by atoms with Crippen molar-refractivity contribution in [3.8, 4) is 0 Å². The van der Waals surface area contributed by atoms with Crippen molar-refractivity contribution in [3.05, 3.63) is 28.8 Å². The fourth-order valence-corrected chi connectivity index (χ4v) is 2.18. The monoisotopic (exact) mass is 282 g/mol. The second kappa shape index (κ2) is 5.02. The molecular weight excluding hydrogens is 264 g/mol. The summed E-state index contributed by atoms with van der Waals surface area (Å²) in [4.78, 5) is 13.6. The molecule has 0 unspecified atom stereocenters. The molecule has 4 nitrogen and oxygen atoms in total. The van der Waals surface area contributed by atoms with E-state index in [2.05, 4.69) is 5.32 Å². The number of hydrogen-bond acceptors (Lipinski definition) is 2.